The quantitative estimate of drug-likeness (QED) is 0.604. The Bertz CT molecular complexity index is 165. The molecule has 1 saturated carbocycles. The van der Waals surface area contributed by atoms with Gasteiger partial charge in [0.1, 0.15) is 0 Å². The van der Waals surface area contributed by atoms with Crippen LogP contribution in [0.25, 0.3) is 0 Å². The molecular weight excluding hydrogens is 182 g/mol. The second-order valence-corrected chi connectivity index (χ2v) is 6.05. The maximum absolute atomic E-state index is 3.59. The van der Waals surface area contributed by atoms with Crippen LogP contribution >= 0.6 is 0 Å². The standard InChI is InChI=1S/C14H29N/c1-11(2)6-5-7-15-10-12(3)8-14-9-13(14)4/h11-15H,5-10H2,1-4H3. The van der Waals surface area contributed by atoms with Crippen molar-refractivity contribution in [2.75, 3.05) is 13.1 Å². The molecule has 0 aromatic carbocycles. The molecule has 0 radical (unpaired) electrons. The molecule has 1 fully saturated rings. The van der Waals surface area contributed by atoms with E-state index >= 15 is 0 Å². The smallest absolute Gasteiger partial charge is 0.00231 e. The Morgan fingerprint density at radius 1 is 1.27 bits per heavy atom. The largest absolute Gasteiger partial charge is 0.316 e. The average Bonchev–Trinajstić information content (AvgIpc) is 2.80. The summed E-state index contributed by atoms with van der Waals surface area (Å²) < 4.78 is 0. The van der Waals surface area contributed by atoms with Crippen LogP contribution in [0.5, 0.6) is 0 Å². The number of rotatable bonds is 8. The molecule has 0 heterocycles. The molecule has 3 unspecified atom stereocenters. The van der Waals surface area contributed by atoms with Crippen molar-refractivity contribution in [1.29, 1.82) is 0 Å². The molecule has 0 aromatic heterocycles. The van der Waals surface area contributed by atoms with Gasteiger partial charge in [0.25, 0.3) is 0 Å². The van der Waals surface area contributed by atoms with E-state index in [1.807, 2.05) is 0 Å². The molecule has 0 amide bonds. The van der Waals surface area contributed by atoms with Crippen LogP contribution in [0.1, 0.15) is 53.4 Å². The minimum absolute atomic E-state index is 0.858. The maximum atomic E-state index is 3.59. The van der Waals surface area contributed by atoms with E-state index in [9.17, 15) is 0 Å². The van der Waals surface area contributed by atoms with Gasteiger partial charge < -0.3 is 5.32 Å². The van der Waals surface area contributed by atoms with Crippen LogP contribution in [-0.2, 0) is 0 Å². The van der Waals surface area contributed by atoms with Crippen LogP contribution in [0.3, 0.4) is 0 Å². The molecule has 0 aliphatic heterocycles. The van der Waals surface area contributed by atoms with Gasteiger partial charge in [0, 0.05) is 0 Å². The molecule has 3 atom stereocenters. The zero-order valence-electron chi connectivity index (χ0n) is 11.1. The Labute approximate surface area is 96.0 Å². The molecule has 1 heteroatoms. The molecule has 15 heavy (non-hydrogen) atoms. The SMILES string of the molecule is CC(C)CCCNCC(C)CC1CC1C. The average molecular weight is 211 g/mol. The fraction of sp³-hybridized carbons (Fsp3) is 1.00. The summed E-state index contributed by atoms with van der Waals surface area (Å²) in [7, 11) is 0. The summed E-state index contributed by atoms with van der Waals surface area (Å²) in [5.74, 6) is 3.81. The van der Waals surface area contributed by atoms with Crippen molar-refractivity contribution in [2.45, 2.75) is 53.4 Å². The summed E-state index contributed by atoms with van der Waals surface area (Å²) in [5, 5.41) is 3.59. The van der Waals surface area contributed by atoms with Crippen molar-refractivity contribution in [2.24, 2.45) is 23.7 Å². The van der Waals surface area contributed by atoms with Gasteiger partial charge in [-0.25, -0.2) is 0 Å². The Balaban J connectivity index is 1.86. The highest BCUT2D eigenvalue weighted by Gasteiger charge is 2.32. The molecule has 1 nitrogen and oxygen atoms in total. The minimum atomic E-state index is 0.858. The van der Waals surface area contributed by atoms with Gasteiger partial charge in [0.15, 0.2) is 0 Å². The summed E-state index contributed by atoms with van der Waals surface area (Å²) in [6, 6.07) is 0. The molecule has 0 spiro atoms. The first-order valence-electron chi connectivity index (χ1n) is 6.80. The van der Waals surface area contributed by atoms with E-state index in [2.05, 4.69) is 33.0 Å². The molecule has 90 valence electrons. The lowest BCUT2D eigenvalue weighted by atomic mass is 10.0. The lowest BCUT2D eigenvalue weighted by Crippen LogP contribution is -2.22. The van der Waals surface area contributed by atoms with E-state index in [1.54, 1.807) is 0 Å². The van der Waals surface area contributed by atoms with Gasteiger partial charge in [0.2, 0.25) is 0 Å². The third kappa shape index (κ3) is 6.19. The van der Waals surface area contributed by atoms with Gasteiger partial charge in [0.05, 0.1) is 0 Å². The van der Waals surface area contributed by atoms with Gasteiger partial charge in [-0.2, -0.15) is 0 Å². The highest BCUT2D eigenvalue weighted by Crippen LogP contribution is 2.42. The van der Waals surface area contributed by atoms with E-state index in [0.29, 0.717) is 0 Å². The summed E-state index contributed by atoms with van der Waals surface area (Å²) in [5.41, 5.74) is 0. The van der Waals surface area contributed by atoms with Gasteiger partial charge in [-0.05, 0) is 62.4 Å². The second-order valence-electron chi connectivity index (χ2n) is 6.05. The lowest BCUT2D eigenvalue weighted by molar-refractivity contribution is 0.435. The molecule has 1 aliphatic carbocycles. The first-order valence-corrected chi connectivity index (χ1v) is 6.80. The lowest BCUT2D eigenvalue weighted by Gasteiger charge is -2.12. The highest BCUT2D eigenvalue weighted by atomic mass is 14.8. The fourth-order valence-corrected chi connectivity index (χ4v) is 2.31. The molecule has 1 rings (SSSR count). The first-order chi connectivity index (χ1) is 7.09. The summed E-state index contributed by atoms with van der Waals surface area (Å²) in [6.45, 7) is 11.8. The van der Waals surface area contributed by atoms with Crippen molar-refractivity contribution in [3.8, 4) is 0 Å². The Kier molecular flexibility index (Phi) is 5.66. The van der Waals surface area contributed by atoms with E-state index < -0.39 is 0 Å². The van der Waals surface area contributed by atoms with Gasteiger partial charge in [-0.3, -0.25) is 0 Å². The predicted molar refractivity (Wildman–Crippen MR) is 68.0 cm³/mol. The van der Waals surface area contributed by atoms with Crippen molar-refractivity contribution in [3.05, 3.63) is 0 Å². The molecule has 0 aromatic rings. The molecular formula is C14H29N. The van der Waals surface area contributed by atoms with Crippen LogP contribution in [0.2, 0.25) is 0 Å². The normalized spacial score (nSPS) is 27.0. The first kappa shape index (κ1) is 13.0. The van der Waals surface area contributed by atoms with Gasteiger partial charge in [-0.15, -0.1) is 0 Å². The van der Waals surface area contributed by atoms with Crippen LogP contribution in [-0.4, -0.2) is 13.1 Å². The van der Waals surface area contributed by atoms with E-state index in [-0.39, 0.29) is 0 Å². The topological polar surface area (TPSA) is 12.0 Å². The molecule has 1 N–H and O–H groups in total. The van der Waals surface area contributed by atoms with Crippen LogP contribution in [0.4, 0.5) is 0 Å². The van der Waals surface area contributed by atoms with Crippen molar-refractivity contribution in [3.63, 3.8) is 0 Å². The summed E-state index contributed by atoms with van der Waals surface area (Å²) >= 11 is 0. The van der Waals surface area contributed by atoms with Crippen molar-refractivity contribution in [1.82, 2.24) is 5.32 Å². The third-order valence-corrected chi connectivity index (χ3v) is 3.61. The number of hydrogen-bond acceptors (Lipinski definition) is 1. The zero-order chi connectivity index (χ0) is 11.3. The second kappa shape index (κ2) is 6.52. The number of hydrogen-bond donors (Lipinski definition) is 1. The Hall–Kier alpha value is -0.0400. The van der Waals surface area contributed by atoms with Crippen LogP contribution in [0, 0.1) is 23.7 Å². The van der Waals surface area contributed by atoms with Crippen molar-refractivity contribution < 1.29 is 0 Å². The molecule has 0 saturated heterocycles. The fourth-order valence-electron chi connectivity index (χ4n) is 2.31. The zero-order valence-corrected chi connectivity index (χ0v) is 11.1. The maximum Gasteiger partial charge on any atom is -0.00231 e. The minimum Gasteiger partial charge on any atom is -0.316 e. The van der Waals surface area contributed by atoms with Gasteiger partial charge in [-0.1, -0.05) is 27.7 Å². The monoisotopic (exact) mass is 211 g/mol. The highest BCUT2D eigenvalue weighted by molar-refractivity contribution is 4.83. The molecule has 0 bridgehead atoms. The van der Waals surface area contributed by atoms with E-state index in [0.717, 1.165) is 23.7 Å². The van der Waals surface area contributed by atoms with Crippen LogP contribution in [0.15, 0.2) is 0 Å². The Morgan fingerprint density at radius 3 is 2.47 bits per heavy atom. The summed E-state index contributed by atoms with van der Waals surface area (Å²) in [6.07, 6.45) is 5.63. The van der Waals surface area contributed by atoms with E-state index in [1.165, 1.54) is 38.8 Å². The van der Waals surface area contributed by atoms with Gasteiger partial charge >= 0.3 is 0 Å². The Morgan fingerprint density at radius 2 is 1.93 bits per heavy atom. The predicted octanol–water partition coefficient (Wildman–Crippen LogP) is 3.69. The third-order valence-electron chi connectivity index (χ3n) is 3.61. The molecule has 1 aliphatic rings. The number of nitrogens with one attached hydrogen (secondary N) is 1. The van der Waals surface area contributed by atoms with E-state index in [4.69, 9.17) is 0 Å². The summed E-state index contributed by atoms with van der Waals surface area (Å²) in [4.78, 5) is 0. The van der Waals surface area contributed by atoms with Crippen LogP contribution < -0.4 is 5.32 Å². The van der Waals surface area contributed by atoms with Crippen molar-refractivity contribution >= 4 is 0 Å².